The number of piperidine rings is 1. The minimum absolute atomic E-state index is 0.0719. The van der Waals surface area contributed by atoms with Crippen molar-refractivity contribution in [1.29, 1.82) is 0 Å². The largest absolute Gasteiger partial charge is 0.322 e. The van der Waals surface area contributed by atoms with E-state index < -0.39 is 27.6 Å². The van der Waals surface area contributed by atoms with E-state index in [0.29, 0.717) is 19.2 Å². The van der Waals surface area contributed by atoms with Crippen LogP contribution in [0.3, 0.4) is 0 Å². The lowest BCUT2D eigenvalue weighted by molar-refractivity contribution is 0.102. The smallest absolute Gasteiger partial charge is 0.255 e. The Morgan fingerprint density at radius 2 is 1.62 bits per heavy atom. The van der Waals surface area contributed by atoms with Gasteiger partial charge in [-0.15, -0.1) is 0 Å². The number of nitrogens with one attached hydrogen (secondary N) is 1. The van der Waals surface area contributed by atoms with Crippen molar-refractivity contribution in [3.8, 4) is 0 Å². The van der Waals surface area contributed by atoms with Crippen LogP contribution in [0.4, 0.5) is 14.5 Å². The molecule has 2 aromatic rings. The van der Waals surface area contributed by atoms with Crippen LogP contribution in [-0.2, 0) is 10.0 Å². The molecule has 1 saturated heterocycles. The average molecular weight is 380 g/mol. The van der Waals surface area contributed by atoms with Crippen LogP contribution in [-0.4, -0.2) is 31.7 Å². The van der Waals surface area contributed by atoms with E-state index in [0.717, 1.165) is 31.4 Å². The van der Waals surface area contributed by atoms with Gasteiger partial charge in [0.15, 0.2) is 0 Å². The summed E-state index contributed by atoms with van der Waals surface area (Å²) in [7, 11) is -3.64. The van der Waals surface area contributed by atoms with Crippen LogP contribution < -0.4 is 5.32 Å². The minimum atomic E-state index is -3.64. The fourth-order valence-electron chi connectivity index (χ4n) is 2.88. The molecule has 1 N–H and O–H groups in total. The molecule has 1 heterocycles. The molecular formula is C18H18F2N2O3S. The summed E-state index contributed by atoms with van der Waals surface area (Å²) in [5.41, 5.74) is 0.0459. The lowest BCUT2D eigenvalue weighted by Gasteiger charge is -2.26. The van der Waals surface area contributed by atoms with Crippen LogP contribution in [0.25, 0.3) is 0 Å². The van der Waals surface area contributed by atoms with Gasteiger partial charge in [-0.3, -0.25) is 4.79 Å². The van der Waals surface area contributed by atoms with E-state index in [4.69, 9.17) is 0 Å². The third-order valence-corrected chi connectivity index (χ3v) is 6.06. The Labute approximate surface area is 150 Å². The second-order valence-corrected chi connectivity index (χ2v) is 8.04. The molecule has 8 heteroatoms. The van der Waals surface area contributed by atoms with Crippen LogP contribution in [0.15, 0.2) is 47.4 Å². The molecule has 0 bridgehead atoms. The molecule has 2 aromatic carbocycles. The number of anilines is 1. The molecule has 1 fully saturated rings. The highest BCUT2D eigenvalue weighted by molar-refractivity contribution is 7.89. The summed E-state index contributed by atoms with van der Waals surface area (Å²) in [5.74, 6) is -2.45. The highest BCUT2D eigenvalue weighted by Crippen LogP contribution is 2.23. The van der Waals surface area contributed by atoms with Gasteiger partial charge in [0.05, 0.1) is 4.90 Å². The Hall–Kier alpha value is -2.32. The topological polar surface area (TPSA) is 66.5 Å². The first kappa shape index (κ1) is 18.5. The van der Waals surface area contributed by atoms with Crippen LogP contribution in [0.1, 0.15) is 29.6 Å². The van der Waals surface area contributed by atoms with Crippen molar-refractivity contribution in [3.05, 3.63) is 59.7 Å². The quantitative estimate of drug-likeness (QED) is 0.884. The van der Waals surface area contributed by atoms with Crippen molar-refractivity contribution in [2.75, 3.05) is 18.4 Å². The summed E-state index contributed by atoms with van der Waals surface area (Å²) in [6.07, 6.45) is 2.65. The van der Waals surface area contributed by atoms with Crippen molar-refractivity contribution >= 4 is 21.6 Å². The number of amides is 1. The monoisotopic (exact) mass is 380 g/mol. The summed E-state index contributed by atoms with van der Waals surface area (Å²) in [6, 6.07) is 8.32. The number of carbonyl (C=O) groups excluding carboxylic acids is 1. The maximum atomic E-state index is 13.2. The van der Waals surface area contributed by atoms with E-state index in [1.54, 1.807) is 0 Å². The van der Waals surface area contributed by atoms with Gasteiger partial charge in [0.1, 0.15) is 11.6 Å². The molecule has 1 aliphatic rings. The van der Waals surface area contributed by atoms with E-state index in [1.807, 2.05) is 0 Å². The number of nitrogens with zero attached hydrogens (tertiary/aromatic N) is 1. The zero-order valence-corrected chi connectivity index (χ0v) is 14.7. The Morgan fingerprint density at radius 3 is 2.27 bits per heavy atom. The van der Waals surface area contributed by atoms with Gasteiger partial charge in [-0.1, -0.05) is 12.5 Å². The van der Waals surface area contributed by atoms with Gasteiger partial charge in [0, 0.05) is 30.4 Å². The van der Waals surface area contributed by atoms with Crippen LogP contribution in [0, 0.1) is 11.6 Å². The predicted octanol–water partition coefficient (Wildman–Crippen LogP) is 3.39. The molecule has 0 saturated carbocycles. The Bertz CT molecular complexity index is 906. The van der Waals surface area contributed by atoms with Gasteiger partial charge in [-0.25, -0.2) is 17.2 Å². The van der Waals surface area contributed by atoms with E-state index in [2.05, 4.69) is 5.32 Å². The standard InChI is InChI=1S/C18H18F2N2O3S/c19-14-9-13(10-15(20)11-14)18(23)21-16-5-4-6-17(12-16)26(24,25)22-7-2-1-3-8-22/h4-6,9-12H,1-3,7-8H2,(H,21,23). The number of rotatable bonds is 4. The molecule has 0 atom stereocenters. The Balaban J connectivity index is 1.82. The van der Waals surface area contributed by atoms with Crippen molar-refractivity contribution in [3.63, 3.8) is 0 Å². The second-order valence-electron chi connectivity index (χ2n) is 6.10. The van der Waals surface area contributed by atoms with Gasteiger partial charge in [0.25, 0.3) is 5.91 Å². The summed E-state index contributed by atoms with van der Waals surface area (Å²) in [5, 5.41) is 2.47. The third kappa shape index (κ3) is 4.08. The Morgan fingerprint density at radius 1 is 0.962 bits per heavy atom. The highest BCUT2D eigenvalue weighted by Gasteiger charge is 2.26. The van der Waals surface area contributed by atoms with Gasteiger partial charge < -0.3 is 5.32 Å². The SMILES string of the molecule is O=C(Nc1cccc(S(=O)(=O)N2CCCCC2)c1)c1cc(F)cc(F)c1. The van der Waals surface area contributed by atoms with Crippen molar-refractivity contribution in [2.24, 2.45) is 0 Å². The summed E-state index contributed by atoms with van der Waals surface area (Å²) >= 11 is 0. The first-order valence-corrected chi connectivity index (χ1v) is 9.68. The lowest BCUT2D eigenvalue weighted by atomic mass is 10.2. The third-order valence-electron chi connectivity index (χ3n) is 4.17. The number of benzene rings is 2. The van der Waals surface area contributed by atoms with E-state index in [1.165, 1.54) is 28.6 Å². The summed E-state index contributed by atoms with van der Waals surface area (Å²) < 4.78 is 53.3. The number of sulfonamides is 1. The average Bonchev–Trinajstić information content (AvgIpc) is 2.62. The molecule has 0 unspecified atom stereocenters. The molecule has 0 radical (unpaired) electrons. The van der Waals surface area contributed by atoms with Crippen LogP contribution in [0.5, 0.6) is 0 Å². The highest BCUT2D eigenvalue weighted by atomic mass is 32.2. The molecule has 0 spiro atoms. The van der Waals surface area contributed by atoms with Gasteiger partial charge in [-0.05, 0) is 43.2 Å². The van der Waals surface area contributed by atoms with Crippen LogP contribution in [0.2, 0.25) is 0 Å². The normalized spacial score (nSPS) is 15.6. The van der Waals surface area contributed by atoms with Crippen LogP contribution >= 0.6 is 0 Å². The zero-order valence-electron chi connectivity index (χ0n) is 13.9. The number of carbonyl (C=O) groups is 1. The van der Waals surface area contributed by atoms with Gasteiger partial charge in [-0.2, -0.15) is 4.31 Å². The molecule has 1 aliphatic heterocycles. The zero-order chi connectivity index (χ0) is 18.7. The minimum Gasteiger partial charge on any atom is -0.322 e. The molecule has 3 rings (SSSR count). The second kappa shape index (κ2) is 7.51. The molecule has 0 aliphatic carbocycles. The molecule has 26 heavy (non-hydrogen) atoms. The summed E-state index contributed by atoms with van der Waals surface area (Å²) in [4.78, 5) is 12.2. The molecular weight excluding hydrogens is 362 g/mol. The number of halogens is 2. The summed E-state index contributed by atoms with van der Waals surface area (Å²) in [6.45, 7) is 0.947. The fourth-order valence-corrected chi connectivity index (χ4v) is 4.44. The van der Waals surface area contributed by atoms with Gasteiger partial charge >= 0.3 is 0 Å². The van der Waals surface area contributed by atoms with E-state index in [-0.39, 0.29) is 16.1 Å². The fraction of sp³-hybridized carbons (Fsp3) is 0.278. The number of hydrogen-bond acceptors (Lipinski definition) is 3. The number of hydrogen-bond donors (Lipinski definition) is 1. The maximum Gasteiger partial charge on any atom is 0.255 e. The molecule has 1 amide bonds. The molecule has 5 nitrogen and oxygen atoms in total. The van der Waals surface area contributed by atoms with Crippen molar-refractivity contribution in [1.82, 2.24) is 4.31 Å². The van der Waals surface area contributed by atoms with Crippen molar-refractivity contribution in [2.45, 2.75) is 24.2 Å². The first-order chi connectivity index (χ1) is 12.4. The predicted molar refractivity (Wildman–Crippen MR) is 93.4 cm³/mol. The Kier molecular flexibility index (Phi) is 5.33. The molecule has 0 aromatic heterocycles. The van der Waals surface area contributed by atoms with Crippen molar-refractivity contribution < 1.29 is 22.0 Å². The maximum absolute atomic E-state index is 13.2. The van der Waals surface area contributed by atoms with Gasteiger partial charge in [0.2, 0.25) is 10.0 Å². The van der Waals surface area contributed by atoms with E-state index in [9.17, 15) is 22.0 Å². The molecule has 138 valence electrons. The lowest BCUT2D eigenvalue weighted by Crippen LogP contribution is -2.35. The van der Waals surface area contributed by atoms with E-state index >= 15 is 0 Å². The first-order valence-electron chi connectivity index (χ1n) is 8.24.